The molecule has 7 aromatic carbocycles. The van der Waals surface area contributed by atoms with Gasteiger partial charge in [0.2, 0.25) is 0 Å². The molecule has 0 amide bonds. The van der Waals surface area contributed by atoms with Crippen molar-refractivity contribution in [3.05, 3.63) is 227 Å². The molecule has 0 radical (unpaired) electrons. The van der Waals surface area contributed by atoms with E-state index in [1.165, 1.54) is 49.6 Å². The molecule has 0 fully saturated rings. The van der Waals surface area contributed by atoms with Crippen molar-refractivity contribution in [3.8, 4) is 11.5 Å². The number of fused-ring (bicyclic) bond motifs is 4. The van der Waals surface area contributed by atoms with Crippen LogP contribution in [0.5, 0.6) is 11.5 Å². The van der Waals surface area contributed by atoms with E-state index in [0.717, 1.165) is 11.5 Å². The van der Waals surface area contributed by atoms with Crippen molar-refractivity contribution in [1.82, 2.24) is 0 Å². The summed E-state index contributed by atoms with van der Waals surface area (Å²) in [5.74, 6) is 1.97. The van der Waals surface area contributed by atoms with Gasteiger partial charge < -0.3 is 9.47 Å². The van der Waals surface area contributed by atoms with E-state index >= 15 is 0 Å². The Morgan fingerprint density at radius 3 is 0.741 bits per heavy atom. The molecule has 308 valence electrons. The third-order valence-corrected chi connectivity index (χ3v) is 9.69. The Morgan fingerprint density at radius 2 is 0.552 bits per heavy atom. The summed E-state index contributed by atoms with van der Waals surface area (Å²) in [6.07, 6.45) is 0. The van der Waals surface area contributed by atoms with Crippen LogP contribution < -0.4 is 20.1 Å². The SMILES string of the molecule is Cc1ccccc1.Cc1ccccc1.Cc1ccccc1.Cc1ccccc1.Cc1ccccc1.Pc1cccc2c1C1(CO2)COc2cccc(P)c21.[Ar].[Ar].[Ar].[Ar]. The predicted octanol–water partition coefficient (Wildman–Crippen LogP) is 11.7. The predicted molar refractivity (Wildman–Crippen MR) is 239 cm³/mol. The number of aryl methyl sites for hydroxylation is 5. The second-order valence-electron chi connectivity index (χ2n) is 13.4. The van der Waals surface area contributed by atoms with Gasteiger partial charge in [0.1, 0.15) is 24.7 Å². The smallest absolute Gasteiger partial charge is 0.124 e. The van der Waals surface area contributed by atoms with Gasteiger partial charge in [0.25, 0.3) is 0 Å². The van der Waals surface area contributed by atoms with E-state index in [-0.39, 0.29) is 156 Å². The second-order valence-corrected chi connectivity index (χ2v) is 14.6. The first-order valence-corrected chi connectivity index (χ1v) is 19.5. The molecule has 2 unspecified atom stereocenters. The Morgan fingerprint density at radius 1 is 0.328 bits per heavy atom. The van der Waals surface area contributed by atoms with E-state index in [4.69, 9.17) is 9.47 Å². The van der Waals surface area contributed by atoms with E-state index in [2.05, 4.69) is 126 Å². The fourth-order valence-electron chi connectivity index (χ4n) is 5.89. The summed E-state index contributed by atoms with van der Waals surface area (Å²) in [7, 11) is 5.65. The minimum atomic E-state index is -0.151. The van der Waals surface area contributed by atoms with Crippen molar-refractivity contribution in [2.24, 2.45) is 0 Å². The average molecular weight is 909 g/mol. The largest absolute Gasteiger partial charge is 0.492 e. The second kappa shape index (κ2) is 32.7. The van der Waals surface area contributed by atoms with Crippen LogP contribution in [-0.2, 0) is 5.41 Å². The Balaban J connectivity index is 0.000000713. The van der Waals surface area contributed by atoms with Crippen LogP contribution in [0.3, 0.4) is 0 Å². The van der Waals surface area contributed by atoms with Crippen molar-refractivity contribution in [2.75, 3.05) is 13.2 Å². The summed E-state index contributed by atoms with van der Waals surface area (Å²) in [6, 6.07) is 63.7. The van der Waals surface area contributed by atoms with Crippen LogP contribution in [0.2, 0.25) is 0 Å². The van der Waals surface area contributed by atoms with Crippen LogP contribution in [0.4, 0.5) is 0 Å². The monoisotopic (exact) mass is 908 g/mol. The molecule has 2 atom stereocenters. The fraction of sp³-hybridized carbons (Fsp3) is 0.160. The molecule has 0 aliphatic carbocycles. The molecular formula is C50H54Ar4O2P2. The van der Waals surface area contributed by atoms with Crippen LogP contribution in [0.25, 0.3) is 0 Å². The first kappa shape index (κ1) is 58.0. The van der Waals surface area contributed by atoms with Crippen LogP contribution in [0.1, 0.15) is 38.9 Å². The molecule has 0 saturated carbocycles. The summed E-state index contributed by atoms with van der Waals surface area (Å²) in [6.45, 7) is 11.7. The summed E-state index contributed by atoms with van der Waals surface area (Å²) in [5.41, 5.74) is 8.97. The molecule has 2 heterocycles. The van der Waals surface area contributed by atoms with Crippen molar-refractivity contribution >= 4 is 29.1 Å². The maximum Gasteiger partial charge on any atom is 0.124 e. The number of hydrogen-bond acceptors (Lipinski definition) is 2. The van der Waals surface area contributed by atoms with Crippen molar-refractivity contribution in [3.63, 3.8) is 0 Å². The molecule has 1 spiro atoms. The molecular weight excluding hydrogens is 854 g/mol. The van der Waals surface area contributed by atoms with Gasteiger partial charge in [-0.2, -0.15) is 0 Å². The van der Waals surface area contributed by atoms with Crippen molar-refractivity contribution < 1.29 is 160 Å². The van der Waals surface area contributed by atoms with Gasteiger partial charge in [-0.05, 0) is 57.4 Å². The Hall–Kier alpha value is 0.0390. The summed E-state index contributed by atoms with van der Waals surface area (Å²) in [4.78, 5) is 0. The van der Waals surface area contributed by atoms with E-state index < -0.39 is 0 Å². The molecule has 58 heavy (non-hydrogen) atoms. The molecule has 0 saturated heterocycles. The molecule has 0 bridgehead atoms. The maximum atomic E-state index is 5.93. The Bertz CT molecular complexity index is 1810. The zero-order valence-corrected chi connectivity index (χ0v) is 38.8. The van der Waals surface area contributed by atoms with Gasteiger partial charge in [0.05, 0.1) is 5.41 Å². The molecule has 2 nitrogen and oxygen atoms in total. The number of ether oxygens (including phenoxy) is 2. The minimum Gasteiger partial charge on any atom is -0.492 e. The molecule has 2 aliphatic heterocycles. The van der Waals surface area contributed by atoms with Gasteiger partial charge in [-0.3, -0.25) is 0 Å². The van der Waals surface area contributed by atoms with Crippen LogP contribution in [0.15, 0.2) is 188 Å². The third kappa shape index (κ3) is 20.0. The first-order chi connectivity index (χ1) is 26.2. The summed E-state index contributed by atoms with van der Waals surface area (Å²) in [5, 5.41) is 2.39. The van der Waals surface area contributed by atoms with Gasteiger partial charge >= 0.3 is 0 Å². The van der Waals surface area contributed by atoms with Crippen LogP contribution in [0, 0.1) is 186 Å². The topological polar surface area (TPSA) is 18.5 Å². The quantitative estimate of drug-likeness (QED) is 0.141. The first-order valence-electron chi connectivity index (χ1n) is 18.3. The van der Waals surface area contributed by atoms with Crippen molar-refractivity contribution in [2.45, 2.75) is 40.0 Å². The van der Waals surface area contributed by atoms with E-state index in [0.29, 0.717) is 13.2 Å². The maximum absolute atomic E-state index is 5.93. The van der Waals surface area contributed by atoms with Gasteiger partial charge in [0, 0.05) is 162 Å². The molecule has 9 rings (SSSR count). The van der Waals surface area contributed by atoms with Gasteiger partial charge in [-0.15, -0.1) is 18.5 Å². The number of rotatable bonds is 0. The molecule has 0 N–H and O–H groups in total. The third-order valence-electron chi connectivity index (χ3n) is 8.72. The average Bonchev–Trinajstić information content (AvgIpc) is 3.77. The van der Waals surface area contributed by atoms with Gasteiger partial charge in [-0.1, -0.05) is 204 Å². The molecule has 8 heteroatoms. The normalized spacial score (nSPS) is 11.1. The summed E-state index contributed by atoms with van der Waals surface area (Å²) < 4.78 is 11.9. The van der Waals surface area contributed by atoms with Crippen LogP contribution >= 0.6 is 18.5 Å². The fourth-order valence-corrected chi connectivity index (χ4v) is 6.95. The standard InChI is InChI=1S/C15H14O2P2.5C7H8.4Ar/c18-11-5-1-3-9-13(11)15(7-16-9)8-17-10-4-2-6-12(19)14(10)15;5*1-7-5-3-2-4-6-7;;;;/h1-6H,7-8,18-19H2;5*2-6H,1H3;;;;. The number of benzene rings is 7. The minimum absolute atomic E-state index is 0. The van der Waals surface area contributed by atoms with Gasteiger partial charge in [0.15, 0.2) is 0 Å². The molecule has 2 aliphatic rings. The summed E-state index contributed by atoms with van der Waals surface area (Å²) >= 11 is 0. The van der Waals surface area contributed by atoms with Crippen molar-refractivity contribution in [1.29, 1.82) is 0 Å². The van der Waals surface area contributed by atoms with E-state index in [1.54, 1.807) is 0 Å². The van der Waals surface area contributed by atoms with Gasteiger partial charge in [-0.25, -0.2) is 0 Å². The van der Waals surface area contributed by atoms with E-state index in [9.17, 15) is 0 Å². The Labute approximate surface area is 473 Å². The van der Waals surface area contributed by atoms with Crippen LogP contribution in [-0.4, -0.2) is 13.2 Å². The Kier molecular flexibility index (Phi) is 32.7. The zero-order chi connectivity index (χ0) is 38.6. The molecule has 0 aromatic heterocycles. The zero-order valence-electron chi connectivity index (χ0n) is 33.7. The van der Waals surface area contributed by atoms with E-state index in [1.807, 2.05) is 115 Å². The number of hydrogen-bond donors (Lipinski definition) is 0. The molecule has 7 aromatic rings.